The zero-order valence-corrected chi connectivity index (χ0v) is 11.2. The predicted molar refractivity (Wildman–Crippen MR) is 74.2 cm³/mol. The van der Waals surface area contributed by atoms with Crippen LogP contribution in [-0.4, -0.2) is 18.3 Å². The third-order valence-corrected chi connectivity index (χ3v) is 3.58. The number of benzene rings is 1. The van der Waals surface area contributed by atoms with E-state index in [0.29, 0.717) is 5.25 Å². The minimum absolute atomic E-state index is 0.643. The van der Waals surface area contributed by atoms with E-state index in [9.17, 15) is 0 Å². The van der Waals surface area contributed by atoms with Gasteiger partial charge in [-0.3, -0.25) is 0 Å². The molecule has 0 aliphatic rings. The molecule has 0 saturated heterocycles. The molecule has 0 fully saturated rings. The smallest absolute Gasteiger partial charge is 0.0191 e. The Morgan fingerprint density at radius 2 is 1.94 bits per heavy atom. The number of rotatable bonds is 8. The predicted octanol–water partition coefficient (Wildman–Crippen LogP) is 3.95. The average Bonchev–Trinajstić information content (AvgIpc) is 2.30. The second-order valence-corrected chi connectivity index (χ2v) is 5.66. The highest BCUT2D eigenvalue weighted by atomic mass is 32.2. The summed E-state index contributed by atoms with van der Waals surface area (Å²) in [4.78, 5) is 1.37. The monoisotopic (exact) mass is 237 g/mol. The zero-order valence-electron chi connectivity index (χ0n) is 10.4. The summed E-state index contributed by atoms with van der Waals surface area (Å²) in [6.07, 6.45) is 3.95. The summed E-state index contributed by atoms with van der Waals surface area (Å²) in [5.74, 6) is 0. The first-order valence-corrected chi connectivity index (χ1v) is 7.13. The van der Waals surface area contributed by atoms with Crippen molar-refractivity contribution in [3.05, 3.63) is 30.3 Å². The normalized spacial score (nSPS) is 12.6. The van der Waals surface area contributed by atoms with Crippen LogP contribution in [0.3, 0.4) is 0 Å². The van der Waals surface area contributed by atoms with Crippen LogP contribution in [0.4, 0.5) is 0 Å². The second kappa shape index (κ2) is 8.66. The Balaban J connectivity index is 2.09. The molecule has 0 aliphatic carbocycles. The van der Waals surface area contributed by atoms with Crippen molar-refractivity contribution in [2.24, 2.45) is 0 Å². The molecule has 1 aromatic rings. The second-order valence-electron chi connectivity index (χ2n) is 4.15. The Labute approximate surface area is 104 Å². The third-order valence-electron chi connectivity index (χ3n) is 2.47. The molecule has 16 heavy (non-hydrogen) atoms. The maximum atomic E-state index is 3.52. The van der Waals surface area contributed by atoms with Crippen LogP contribution in [0.25, 0.3) is 0 Å². The fourth-order valence-electron chi connectivity index (χ4n) is 1.58. The van der Waals surface area contributed by atoms with Crippen LogP contribution in [0.2, 0.25) is 0 Å². The van der Waals surface area contributed by atoms with Gasteiger partial charge in [-0.05, 0) is 25.1 Å². The lowest BCUT2D eigenvalue weighted by molar-refractivity contribution is 0.616. The molecular formula is C14H23NS. The average molecular weight is 237 g/mol. The summed E-state index contributed by atoms with van der Waals surface area (Å²) in [5, 5.41) is 4.16. The van der Waals surface area contributed by atoms with Crippen molar-refractivity contribution in [2.45, 2.75) is 43.3 Å². The lowest BCUT2D eigenvalue weighted by Crippen LogP contribution is -2.23. The Bertz CT molecular complexity index is 261. The SMILES string of the molecule is CCCCCNCC(C)Sc1ccccc1. The Hall–Kier alpha value is -0.470. The first-order chi connectivity index (χ1) is 7.83. The van der Waals surface area contributed by atoms with Crippen LogP contribution in [0.1, 0.15) is 33.1 Å². The van der Waals surface area contributed by atoms with Crippen molar-refractivity contribution in [3.8, 4) is 0 Å². The minimum Gasteiger partial charge on any atom is -0.316 e. The summed E-state index contributed by atoms with van der Waals surface area (Å²) < 4.78 is 0. The molecule has 1 atom stereocenters. The van der Waals surface area contributed by atoms with E-state index in [4.69, 9.17) is 0 Å². The van der Waals surface area contributed by atoms with Crippen molar-refractivity contribution in [1.82, 2.24) is 5.32 Å². The molecule has 1 rings (SSSR count). The maximum Gasteiger partial charge on any atom is 0.0191 e. The van der Waals surface area contributed by atoms with Gasteiger partial charge >= 0.3 is 0 Å². The van der Waals surface area contributed by atoms with Gasteiger partial charge in [0.25, 0.3) is 0 Å². The van der Waals surface area contributed by atoms with Crippen molar-refractivity contribution in [2.75, 3.05) is 13.1 Å². The first kappa shape index (κ1) is 13.6. The first-order valence-electron chi connectivity index (χ1n) is 6.25. The van der Waals surface area contributed by atoms with E-state index in [1.165, 1.54) is 24.2 Å². The minimum atomic E-state index is 0.643. The zero-order chi connectivity index (χ0) is 11.6. The topological polar surface area (TPSA) is 12.0 Å². The highest BCUT2D eigenvalue weighted by Crippen LogP contribution is 2.21. The molecule has 0 heterocycles. The third kappa shape index (κ3) is 6.19. The number of hydrogen-bond acceptors (Lipinski definition) is 2. The lowest BCUT2D eigenvalue weighted by Gasteiger charge is -2.12. The molecule has 0 bridgehead atoms. The van der Waals surface area contributed by atoms with E-state index >= 15 is 0 Å². The molecule has 0 radical (unpaired) electrons. The molecule has 1 nitrogen and oxygen atoms in total. The van der Waals surface area contributed by atoms with Gasteiger partial charge in [-0.25, -0.2) is 0 Å². The molecule has 1 aromatic carbocycles. The molecule has 0 amide bonds. The molecule has 0 spiro atoms. The van der Waals surface area contributed by atoms with Crippen LogP contribution in [0.5, 0.6) is 0 Å². The van der Waals surface area contributed by atoms with Crippen LogP contribution in [-0.2, 0) is 0 Å². The van der Waals surface area contributed by atoms with Crippen LogP contribution in [0, 0.1) is 0 Å². The van der Waals surface area contributed by atoms with E-state index < -0.39 is 0 Å². The molecule has 1 unspecified atom stereocenters. The Morgan fingerprint density at radius 3 is 2.62 bits per heavy atom. The maximum absolute atomic E-state index is 3.52. The fourth-order valence-corrected chi connectivity index (χ4v) is 2.56. The lowest BCUT2D eigenvalue weighted by atomic mass is 10.2. The number of hydrogen-bond donors (Lipinski definition) is 1. The van der Waals surface area contributed by atoms with Gasteiger partial charge in [0, 0.05) is 16.7 Å². The summed E-state index contributed by atoms with van der Waals surface area (Å²) in [5.41, 5.74) is 0. The molecule has 2 heteroatoms. The summed E-state index contributed by atoms with van der Waals surface area (Å²) in [6, 6.07) is 10.6. The number of nitrogens with one attached hydrogen (secondary N) is 1. The van der Waals surface area contributed by atoms with Crippen LogP contribution < -0.4 is 5.32 Å². The number of thioether (sulfide) groups is 1. The molecule has 90 valence electrons. The molecule has 0 aromatic heterocycles. The van der Waals surface area contributed by atoms with Gasteiger partial charge in [0.05, 0.1) is 0 Å². The molecular weight excluding hydrogens is 214 g/mol. The van der Waals surface area contributed by atoms with E-state index in [-0.39, 0.29) is 0 Å². The number of unbranched alkanes of at least 4 members (excludes halogenated alkanes) is 2. The van der Waals surface area contributed by atoms with Gasteiger partial charge in [0.2, 0.25) is 0 Å². The largest absolute Gasteiger partial charge is 0.316 e. The highest BCUT2D eigenvalue weighted by Gasteiger charge is 2.02. The van der Waals surface area contributed by atoms with Crippen molar-refractivity contribution in [3.63, 3.8) is 0 Å². The molecule has 0 aliphatic heterocycles. The van der Waals surface area contributed by atoms with Gasteiger partial charge < -0.3 is 5.32 Å². The van der Waals surface area contributed by atoms with Crippen molar-refractivity contribution < 1.29 is 0 Å². The van der Waals surface area contributed by atoms with Crippen molar-refractivity contribution >= 4 is 11.8 Å². The summed E-state index contributed by atoms with van der Waals surface area (Å²) in [7, 11) is 0. The Morgan fingerprint density at radius 1 is 1.19 bits per heavy atom. The van der Waals surface area contributed by atoms with Gasteiger partial charge in [-0.15, -0.1) is 11.8 Å². The molecule has 0 saturated carbocycles. The standard InChI is InChI=1S/C14H23NS/c1-3-4-8-11-15-12-13(2)16-14-9-6-5-7-10-14/h5-7,9-10,13,15H,3-4,8,11-12H2,1-2H3. The van der Waals surface area contributed by atoms with Crippen LogP contribution >= 0.6 is 11.8 Å². The fraction of sp³-hybridized carbons (Fsp3) is 0.571. The van der Waals surface area contributed by atoms with Crippen molar-refractivity contribution in [1.29, 1.82) is 0 Å². The summed E-state index contributed by atoms with van der Waals surface area (Å²) in [6.45, 7) is 6.79. The highest BCUT2D eigenvalue weighted by molar-refractivity contribution is 8.00. The van der Waals surface area contributed by atoms with E-state index in [0.717, 1.165) is 13.1 Å². The van der Waals surface area contributed by atoms with Gasteiger partial charge in [-0.1, -0.05) is 44.9 Å². The van der Waals surface area contributed by atoms with Gasteiger partial charge in [0.15, 0.2) is 0 Å². The van der Waals surface area contributed by atoms with E-state index in [2.05, 4.69) is 49.5 Å². The van der Waals surface area contributed by atoms with E-state index in [1.807, 2.05) is 11.8 Å². The summed E-state index contributed by atoms with van der Waals surface area (Å²) >= 11 is 1.94. The van der Waals surface area contributed by atoms with E-state index in [1.54, 1.807) is 0 Å². The molecule has 1 N–H and O–H groups in total. The quantitative estimate of drug-likeness (QED) is 0.543. The van der Waals surface area contributed by atoms with Crippen LogP contribution in [0.15, 0.2) is 35.2 Å². The Kier molecular flexibility index (Phi) is 7.35. The van der Waals surface area contributed by atoms with Gasteiger partial charge in [-0.2, -0.15) is 0 Å². The van der Waals surface area contributed by atoms with Gasteiger partial charge in [0.1, 0.15) is 0 Å².